The predicted molar refractivity (Wildman–Crippen MR) is 85.3 cm³/mol. The molecule has 0 aliphatic heterocycles. The summed E-state index contributed by atoms with van der Waals surface area (Å²) in [6.45, 7) is 1.24. The molecule has 106 valence electrons. The van der Waals surface area contributed by atoms with Crippen molar-refractivity contribution in [1.29, 1.82) is 0 Å². The lowest BCUT2D eigenvalue weighted by Gasteiger charge is -2.08. The van der Waals surface area contributed by atoms with E-state index in [1.54, 1.807) is 6.20 Å². The Hall–Kier alpha value is -2.39. The van der Waals surface area contributed by atoms with Crippen LogP contribution in [-0.4, -0.2) is 11.5 Å². The number of pyridine rings is 1. The maximum Gasteiger partial charge on any atom is 0.122 e. The Labute approximate surface area is 124 Å². The molecule has 3 nitrogen and oxygen atoms in total. The number of fused-ring (bicyclic) bond motifs is 1. The van der Waals surface area contributed by atoms with Crippen molar-refractivity contribution in [2.45, 2.75) is 13.0 Å². The minimum absolute atomic E-state index is 0.557. The Balaban J connectivity index is 1.68. The standard InChI is InChI=1S/C18H18N2O/c19-10-9-14-3-5-15(6-4-14)13-21-17-8-7-16-2-1-11-20-18(16)12-17/h1-8,11-12H,9-10,13,19H2. The average Bonchev–Trinajstić information content (AvgIpc) is 2.54. The van der Waals surface area contributed by atoms with Crippen molar-refractivity contribution in [2.75, 3.05) is 6.54 Å². The fourth-order valence-corrected chi connectivity index (χ4v) is 2.27. The third-order valence-corrected chi connectivity index (χ3v) is 3.44. The van der Waals surface area contributed by atoms with Crippen LogP contribution >= 0.6 is 0 Å². The van der Waals surface area contributed by atoms with Gasteiger partial charge in [0.15, 0.2) is 0 Å². The van der Waals surface area contributed by atoms with Gasteiger partial charge in [0, 0.05) is 17.6 Å². The van der Waals surface area contributed by atoms with Crippen LogP contribution in [-0.2, 0) is 13.0 Å². The molecule has 0 unspecified atom stereocenters. The topological polar surface area (TPSA) is 48.1 Å². The van der Waals surface area contributed by atoms with Gasteiger partial charge in [-0.05, 0) is 42.3 Å². The summed E-state index contributed by atoms with van der Waals surface area (Å²) in [5.41, 5.74) is 8.91. The predicted octanol–water partition coefficient (Wildman–Crippen LogP) is 3.32. The molecule has 0 aliphatic carbocycles. The van der Waals surface area contributed by atoms with Crippen molar-refractivity contribution in [3.05, 3.63) is 71.9 Å². The molecule has 3 heteroatoms. The molecule has 0 fully saturated rings. The van der Waals surface area contributed by atoms with Gasteiger partial charge in [-0.25, -0.2) is 0 Å². The molecule has 0 saturated carbocycles. The van der Waals surface area contributed by atoms with Crippen molar-refractivity contribution >= 4 is 10.9 Å². The first-order chi connectivity index (χ1) is 10.3. The number of benzene rings is 2. The molecule has 2 aromatic carbocycles. The van der Waals surface area contributed by atoms with Gasteiger partial charge in [0.05, 0.1) is 5.52 Å². The monoisotopic (exact) mass is 278 g/mol. The van der Waals surface area contributed by atoms with Crippen molar-refractivity contribution < 1.29 is 4.74 Å². The zero-order valence-electron chi connectivity index (χ0n) is 11.8. The molecule has 3 aromatic rings. The molecule has 1 heterocycles. The second kappa shape index (κ2) is 6.37. The number of aromatic nitrogens is 1. The molecule has 1 aromatic heterocycles. The highest BCUT2D eigenvalue weighted by molar-refractivity contribution is 5.79. The van der Waals surface area contributed by atoms with Gasteiger partial charge in [-0.1, -0.05) is 30.3 Å². The zero-order chi connectivity index (χ0) is 14.5. The first-order valence-electron chi connectivity index (χ1n) is 7.10. The number of hydrogen-bond donors (Lipinski definition) is 1. The highest BCUT2D eigenvalue weighted by atomic mass is 16.5. The maximum atomic E-state index is 5.84. The minimum Gasteiger partial charge on any atom is -0.489 e. The van der Waals surface area contributed by atoms with Crippen LogP contribution in [0, 0.1) is 0 Å². The van der Waals surface area contributed by atoms with Crippen LogP contribution in [0.25, 0.3) is 10.9 Å². The molecular weight excluding hydrogens is 260 g/mol. The fourth-order valence-electron chi connectivity index (χ4n) is 2.27. The van der Waals surface area contributed by atoms with E-state index in [1.807, 2.05) is 30.3 Å². The van der Waals surface area contributed by atoms with Crippen molar-refractivity contribution in [1.82, 2.24) is 4.98 Å². The van der Waals surface area contributed by atoms with Crippen LogP contribution in [0.4, 0.5) is 0 Å². The van der Waals surface area contributed by atoms with E-state index < -0.39 is 0 Å². The van der Waals surface area contributed by atoms with Crippen LogP contribution in [0.15, 0.2) is 60.8 Å². The molecule has 0 spiro atoms. The average molecular weight is 278 g/mol. The molecule has 2 N–H and O–H groups in total. The van der Waals surface area contributed by atoms with Gasteiger partial charge in [0.1, 0.15) is 12.4 Å². The number of hydrogen-bond acceptors (Lipinski definition) is 3. The maximum absolute atomic E-state index is 5.84. The SMILES string of the molecule is NCCc1ccc(COc2ccc3cccnc3c2)cc1. The Kier molecular flexibility index (Phi) is 4.12. The lowest BCUT2D eigenvalue weighted by atomic mass is 10.1. The van der Waals surface area contributed by atoms with E-state index in [0.717, 1.165) is 28.6 Å². The van der Waals surface area contributed by atoms with Crippen LogP contribution in [0.5, 0.6) is 5.75 Å². The van der Waals surface area contributed by atoms with Gasteiger partial charge in [-0.2, -0.15) is 0 Å². The van der Waals surface area contributed by atoms with E-state index in [0.29, 0.717) is 13.2 Å². The summed E-state index contributed by atoms with van der Waals surface area (Å²) in [5.74, 6) is 0.840. The van der Waals surface area contributed by atoms with Crippen molar-refractivity contribution in [3.63, 3.8) is 0 Å². The molecule has 0 aliphatic rings. The highest BCUT2D eigenvalue weighted by Gasteiger charge is 2.00. The van der Waals surface area contributed by atoms with Gasteiger partial charge in [-0.3, -0.25) is 4.98 Å². The molecule has 0 radical (unpaired) electrons. The van der Waals surface area contributed by atoms with Crippen LogP contribution in [0.3, 0.4) is 0 Å². The fraction of sp³-hybridized carbons (Fsp3) is 0.167. The second-order valence-corrected chi connectivity index (χ2v) is 5.00. The highest BCUT2D eigenvalue weighted by Crippen LogP contribution is 2.19. The molecule has 21 heavy (non-hydrogen) atoms. The molecule has 0 saturated heterocycles. The van der Waals surface area contributed by atoms with E-state index in [4.69, 9.17) is 10.5 Å². The lowest BCUT2D eigenvalue weighted by molar-refractivity contribution is 0.306. The van der Waals surface area contributed by atoms with E-state index in [2.05, 4.69) is 29.2 Å². The van der Waals surface area contributed by atoms with Crippen molar-refractivity contribution in [2.24, 2.45) is 5.73 Å². The van der Waals surface area contributed by atoms with E-state index >= 15 is 0 Å². The first kappa shape index (κ1) is 13.6. The molecule has 0 atom stereocenters. The lowest BCUT2D eigenvalue weighted by Crippen LogP contribution is -2.03. The molecular formula is C18H18N2O. The summed E-state index contributed by atoms with van der Waals surface area (Å²) < 4.78 is 5.84. The molecule has 3 rings (SSSR count). The van der Waals surface area contributed by atoms with E-state index in [-0.39, 0.29) is 0 Å². The number of nitrogens with two attached hydrogens (primary N) is 1. The summed E-state index contributed by atoms with van der Waals surface area (Å²) in [6, 6.07) is 18.3. The zero-order valence-corrected chi connectivity index (χ0v) is 11.8. The smallest absolute Gasteiger partial charge is 0.122 e. The Morgan fingerprint density at radius 3 is 2.57 bits per heavy atom. The van der Waals surface area contributed by atoms with Crippen LogP contribution in [0.1, 0.15) is 11.1 Å². The quantitative estimate of drug-likeness (QED) is 0.779. The van der Waals surface area contributed by atoms with Crippen LogP contribution in [0.2, 0.25) is 0 Å². The van der Waals surface area contributed by atoms with Crippen molar-refractivity contribution in [3.8, 4) is 5.75 Å². The summed E-state index contributed by atoms with van der Waals surface area (Å²) in [4.78, 5) is 4.34. The van der Waals surface area contributed by atoms with Gasteiger partial charge >= 0.3 is 0 Å². The first-order valence-corrected chi connectivity index (χ1v) is 7.10. The Morgan fingerprint density at radius 1 is 0.952 bits per heavy atom. The summed E-state index contributed by atoms with van der Waals surface area (Å²) in [5, 5.41) is 1.12. The Bertz CT molecular complexity index is 723. The van der Waals surface area contributed by atoms with Gasteiger partial charge in [0.25, 0.3) is 0 Å². The number of nitrogens with zero attached hydrogens (tertiary/aromatic N) is 1. The second-order valence-electron chi connectivity index (χ2n) is 5.00. The Morgan fingerprint density at radius 2 is 1.76 bits per heavy atom. The summed E-state index contributed by atoms with van der Waals surface area (Å²) in [6.07, 6.45) is 2.71. The van der Waals surface area contributed by atoms with Crippen LogP contribution < -0.4 is 10.5 Å². The van der Waals surface area contributed by atoms with Gasteiger partial charge < -0.3 is 10.5 Å². The third-order valence-electron chi connectivity index (χ3n) is 3.44. The van der Waals surface area contributed by atoms with Gasteiger partial charge in [0.2, 0.25) is 0 Å². The third kappa shape index (κ3) is 3.38. The van der Waals surface area contributed by atoms with Gasteiger partial charge in [-0.15, -0.1) is 0 Å². The normalized spacial score (nSPS) is 10.7. The van der Waals surface area contributed by atoms with E-state index in [1.165, 1.54) is 5.56 Å². The number of rotatable bonds is 5. The molecule has 0 amide bonds. The molecule has 0 bridgehead atoms. The summed E-state index contributed by atoms with van der Waals surface area (Å²) in [7, 11) is 0. The van der Waals surface area contributed by atoms with E-state index in [9.17, 15) is 0 Å². The minimum atomic E-state index is 0.557. The summed E-state index contributed by atoms with van der Waals surface area (Å²) >= 11 is 0. The largest absolute Gasteiger partial charge is 0.489 e. The number of ether oxygens (including phenoxy) is 1.